The van der Waals surface area contributed by atoms with Crippen LogP contribution in [0.5, 0.6) is 0 Å². The number of hydrogen-bond acceptors (Lipinski definition) is 3. The van der Waals surface area contributed by atoms with Gasteiger partial charge in [0.2, 0.25) is 0 Å². The number of nitrogens with zero attached hydrogens (tertiary/aromatic N) is 3. The van der Waals surface area contributed by atoms with E-state index in [2.05, 4.69) is 10.2 Å². The molecule has 1 rings (SSSR count). The molecule has 1 heterocycles. The zero-order valence-electron chi connectivity index (χ0n) is 7.98. The van der Waals surface area contributed by atoms with Gasteiger partial charge in [-0.25, -0.2) is 0 Å². The van der Waals surface area contributed by atoms with Crippen LogP contribution < -0.4 is 0 Å². The summed E-state index contributed by atoms with van der Waals surface area (Å²) in [7, 11) is 0. The molecule has 0 fully saturated rings. The molecule has 72 valence electrons. The summed E-state index contributed by atoms with van der Waals surface area (Å²) in [5.74, 6) is -0.404. The van der Waals surface area contributed by atoms with E-state index >= 15 is 0 Å². The van der Waals surface area contributed by atoms with Crippen LogP contribution in [0.25, 0.3) is 0 Å². The molecule has 0 amide bonds. The smallest absolute Gasteiger partial charge is 0.311 e. The summed E-state index contributed by atoms with van der Waals surface area (Å²) in [6.07, 6.45) is 1.47. The average Bonchev–Trinajstić information content (AvgIpc) is 2.31. The van der Waals surface area contributed by atoms with Gasteiger partial charge in [-0.15, -0.1) is 10.2 Å². The van der Waals surface area contributed by atoms with E-state index in [9.17, 15) is 4.79 Å². The molecule has 1 aromatic heterocycles. The third kappa shape index (κ3) is 2.27. The molecule has 0 aliphatic rings. The first-order chi connectivity index (χ1) is 5.91. The van der Waals surface area contributed by atoms with E-state index in [0.717, 1.165) is 0 Å². The summed E-state index contributed by atoms with van der Waals surface area (Å²) in [4.78, 5) is 10.5. The molecule has 0 aliphatic carbocycles. The Bertz CT molecular complexity index is 311. The predicted molar refractivity (Wildman–Crippen MR) is 46.4 cm³/mol. The first-order valence-corrected chi connectivity index (χ1v) is 4.02. The van der Waals surface area contributed by atoms with Gasteiger partial charge in [0.05, 0.1) is 0 Å². The van der Waals surface area contributed by atoms with Crippen LogP contribution in [-0.2, 0) is 16.8 Å². The molecule has 1 aromatic rings. The van der Waals surface area contributed by atoms with E-state index in [-0.39, 0.29) is 12.0 Å². The van der Waals surface area contributed by atoms with Gasteiger partial charge in [-0.2, -0.15) is 0 Å². The third-order valence-electron chi connectivity index (χ3n) is 1.65. The first kappa shape index (κ1) is 9.70. The second-order valence-electron chi connectivity index (χ2n) is 3.86. The molecule has 1 N–H and O–H groups in total. The first-order valence-electron chi connectivity index (χ1n) is 4.02. The molecule has 0 saturated heterocycles. The Morgan fingerprint density at radius 3 is 2.69 bits per heavy atom. The third-order valence-corrected chi connectivity index (χ3v) is 1.65. The number of hydrogen-bond donors (Lipinski definition) is 1. The van der Waals surface area contributed by atoms with Crippen molar-refractivity contribution in [1.82, 2.24) is 14.8 Å². The van der Waals surface area contributed by atoms with Crippen LogP contribution in [0.3, 0.4) is 0 Å². The Kier molecular flexibility index (Phi) is 2.36. The summed E-state index contributed by atoms with van der Waals surface area (Å²) in [5.41, 5.74) is -0.172. The van der Waals surface area contributed by atoms with Crippen molar-refractivity contribution in [2.45, 2.75) is 32.7 Å². The zero-order valence-corrected chi connectivity index (χ0v) is 7.98. The molecule has 0 aliphatic heterocycles. The topological polar surface area (TPSA) is 68.0 Å². The fourth-order valence-corrected chi connectivity index (χ4v) is 1.08. The minimum absolute atomic E-state index is 0.0860. The molecule has 0 spiro atoms. The molecular weight excluding hydrogens is 170 g/mol. The van der Waals surface area contributed by atoms with Gasteiger partial charge < -0.3 is 9.67 Å². The quantitative estimate of drug-likeness (QED) is 0.731. The van der Waals surface area contributed by atoms with Crippen LogP contribution in [0.4, 0.5) is 0 Å². The van der Waals surface area contributed by atoms with Crippen molar-refractivity contribution in [3.63, 3.8) is 0 Å². The van der Waals surface area contributed by atoms with E-state index in [1.54, 1.807) is 10.9 Å². The lowest BCUT2D eigenvalue weighted by Gasteiger charge is -2.21. The van der Waals surface area contributed by atoms with E-state index in [0.29, 0.717) is 5.82 Å². The molecule has 0 unspecified atom stereocenters. The lowest BCUT2D eigenvalue weighted by atomic mass is 10.1. The maximum absolute atomic E-state index is 10.5. The normalized spacial score (nSPS) is 11.6. The number of carboxylic acid groups (broad SMARTS) is 1. The number of rotatable bonds is 2. The number of carbonyl (C=O) groups is 1. The van der Waals surface area contributed by atoms with E-state index in [1.807, 2.05) is 20.8 Å². The molecule has 0 radical (unpaired) electrons. The van der Waals surface area contributed by atoms with Gasteiger partial charge in [-0.05, 0) is 20.8 Å². The molecule has 0 saturated carbocycles. The summed E-state index contributed by atoms with van der Waals surface area (Å²) in [5, 5.41) is 16.0. The number of carboxylic acids is 1. The van der Waals surface area contributed by atoms with Gasteiger partial charge in [0.1, 0.15) is 18.6 Å². The van der Waals surface area contributed by atoms with Gasteiger partial charge in [0.25, 0.3) is 0 Å². The fraction of sp³-hybridized carbons (Fsp3) is 0.625. The fourth-order valence-electron chi connectivity index (χ4n) is 1.08. The van der Waals surface area contributed by atoms with Crippen LogP contribution in [-0.4, -0.2) is 25.8 Å². The number of aromatic nitrogens is 3. The van der Waals surface area contributed by atoms with E-state index in [4.69, 9.17) is 5.11 Å². The maximum Gasteiger partial charge on any atom is 0.311 e. The minimum Gasteiger partial charge on any atom is -0.481 e. The highest BCUT2D eigenvalue weighted by atomic mass is 16.4. The van der Waals surface area contributed by atoms with Gasteiger partial charge >= 0.3 is 5.97 Å². The van der Waals surface area contributed by atoms with Crippen molar-refractivity contribution in [2.24, 2.45) is 0 Å². The predicted octanol–water partition coefficient (Wildman–Crippen LogP) is 0.660. The van der Waals surface area contributed by atoms with Crippen molar-refractivity contribution in [3.8, 4) is 0 Å². The van der Waals surface area contributed by atoms with Gasteiger partial charge in [-0.3, -0.25) is 4.79 Å². The van der Waals surface area contributed by atoms with Gasteiger partial charge in [-0.1, -0.05) is 0 Å². The zero-order chi connectivity index (χ0) is 10.1. The van der Waals surface area contributed by atoms with Crippen LogP contribution in [0, 0.1) is 0 Å². The van der Waals surface area contributed by atoms with E-state index < -0.39 is 5.97 Å². The van der Waals surface area contributed by atoms with Crippen LogP contribution in [0.1, 0.15) is 26.6 Å². The van der Waals surface area contributed by atoms with Crippen LogP contribution >= 0.6 is 0 Å². The van der Waals surface area contributed by atoms with Crippen LogP contribution in [0.2, 0.25) is 0 Å². The lowest BCUT2D eigenvalue weighted by Crippen LogP contribution is -2.24. The second-order valence-corrected chi connectivity index (χ2v) is 3.86. The largest absolute Gasteiger partial charge is 0.481 e. The summed E-state index contributed by atoms with van der Waals surface area (Å²) < 4.78 is 1.76. The summed E-state index contributed by atoms with van der Waals surface area (Å²) >= 11 is 0. The SMILES string of the molecule is CC(C)(C)n1cnnc1CC(=O)O. The molecule has 0 aromatic carbocycles. The van der Waals surface area contributed by atoms with Crippen molar-refractivity contribution in [2.75, 3.05) is 0 Å². The molecule has 5 nitrogen and oxygen atoms in total. The summed E-state index contributed by atoms with van der Waals surface area (Å²) in [6.45, 7) is 5.92. The molecule has 0 atom stereocenters. The minimum atomic E-state index is -0.890. The van der Waals surface area contributed by atoms with Crippen molar-refractivity contribution >= 4 is 5.97 Å². The second kappa shape index (κ2) is 3.16. The Hall–Kier alpha value is -1.39. The Labute approximate surface area is 76.4 Å². The van der Waals surface area contributed by atoms with Crippen LogP contribution in [0.15, 0.2) is 6.33 Å². The van der Waals surface area contributed by atoms with Crippen molar-refractivity contribution in [3.05, 3.63) is 12.2 Å². The van der Waals surface area contributed by atoms with E-state index in [1.165, 1.54) is 0 Å². The van der Waals surface area contributed by atoms with Crippen molar-refractivity contribution < 1.29 is 9.90 Å². The average molecular weight is 183 g/mol. The molecule has 0 bridgehead atoms. The van der Waals surface area contributed by atoms with Gasteiger partial charge in [0, 0.05) is 5.54 Å². The monoisotopic (exact) mass is 183 g/mol. The molecular formula is C8H13N3O2. The molecule has 5 heteroatoms. The molecule has 13 heavy (non-hydrogen) atoms. The maximum atomic E-state index is 10.5. The number of aliphatic carboxylic acids is 1. The lowest BCUT2D eigenvalue weighted by molar-refractivity contribution is -0.136. The van der Waals surface area contributed by atoms with Crippen molar-refractivity contribution in [1.29, 1.82) is 0 Å². The highest BCUT2D eigenvalue weighted by Gasteiger charge is 2.18. The summed E-state index contributed by atoms with van der Waals surface area (Å²) in [6, 6.07) is 0. The van der Waals surface area contributed by atoms with Gasteiger partial charge in [0.15, 0.2) is 0 Å². The standard InChI is InChI=1S/C8H13N3O2/c1-8(2,3)11-5-9-10-6(11)4-7(12)13/h5H,4H2,1-3H3,(H,12,13). The Balaban J connectivity index is 2.96. The Morgan fingerprint density at radius 2 is 2.23 bits per heavy atom. The highest BCUT2D eigenvalue weighted by Crippen LogP contribution is 2.14. The Morgan fingerprint density at radius 1 is 1.62 bits per heavy atom. The highest BCUT2D eigenvalue weighted by molar-refractivity contribution is 5.69.